The van der Waals surface area contributed by atoms with Gasteiger partial charge in [0.25, 0.3) is 0 Å². The van der Waals surface area contributed by atoms with Crippen LogP contribution in [0.2, 0.25) is 0 Å². The van der Waals surface area contributed by atoms with Crippen LogP contribution in [-0.2, 0) is 31.3 Å². The van der Waals surface area contributed by atoms with E-state index in [1.165, 1.54) is 14.9 Å². The van der Waals surface area contributed by atoms with Crippen molar-refractivity contribution >= 4 is 26.0 Å². The van der Waals surface area contributed by atoms with Crippen LogP contribution in [0.25, 0.3) is 0 Å². The fourth-order valence-electron chi connectivity index (χ4n) is 3.98. The van der Waals surface area contributed by atoms with Gasteiger partial charge in [0.15, 0.2) is 0 Å². The SMILES string of the molecule is CS(=O)(=O)N1CCC(CNC(=O)Cc2ccc(S(=O)(=O)N3CCCCC3)cc2)CC1. The lowest BCUT2D eigenvalue weighted by atomic mass is 9.98. The molecule has 2 heterocycles. The van der Waals surface area contributed by atoms with Crippen LogP contribution in [0.15, 0.2) is 29.2 Å². The highest BCUT2D eigenvalue weighted by Crippen LogP contribution is 2.21. The molecular weight excluding hydrogens is 426 g/mol. The largest absolute Gasteiger partial charge is 0.356 e. The molecule has 0 aliphatic carbocycles. The van der Waals surface area contributed by atoms with E-state index in [1.54, 1.807) is 24.3 Å². The summed E-state index contributed by atoms with van der Waals surface area (Å²) < 4.78 is 51.5. The van der Waals surface area contributed by atoms with Crippen molar-refractivity contribution in [1.29, 1.82) is 0 Å². The molecule has 2 saturated heterocycles. The number of piperidine rings is 2. The van der Waals surface area contributed by atoms with Gasteiger partial charge in [0.1, 0.15) is 0 Å². The summed E-state index contributed by atoms with van der Waals surface area (Å²) in [5.41, 5.74) is 0.761. The lowest BCUT2D eigenvalue weighted by molar-refractivity contribution is -0.120. The molecule has 0 atom stereocenters. The van der Waals surface area contributed by atoms with Gasteiger partial charge in [0.05, 0.1) is 17.6 Å². The standard InChI is InChI=1S/C20H31N3O5S2/c1-29(25,26)22-13-9-18(10-14-22)16-21-20(24)15-17-5-7-19(8-6-17)30(27,28)23-11-3-2-4-12-23/h5-8,18H,2-4,9-16H2,1H3,(H,21,24). The second kappa shape index (κ2) is 9.76. The Kier molecular flexibility index (Phi) is 7.54. The van der Waals surface area contributed by atoms with Crippen LogP contribution < -0.4 is 5.32 Å². The highest BCUT2D eigenvalue weighted by atomic mass is 32.2. The zero-order valence-electron chi connectivity index (χ0n) is 17.4. The third-order valence-corrected chi connectivity index (χ3v) is 9.09. The van der Waals surface area contributed by atoms with Gasteiger partial charge in [-0.1, -0.05) is 18.6 Å². The molecule has 30 heavy (non-hydrogen) atoms. The number of carbonyl (C=O) groups excluding carboxylic acids is 1. The fraction of sp³-hybridized carbons (Fsp3) is 0.650. The van der Waals surface area contributed by atoms with Gasteiger partial charge in [-0.3, -0.25) is 4.79 Å². The van der Waals surface area contributed by atoms with Crippen molar-refractivity contribution in [3.63, 3.8) is 0 Å². The van der Waals surface area contributed by atoms with Crippen molar-refractivity contribution in [3.05, 3.63) is 29.8 Å². The van der Waals surface area contributed by atoms with E-state index in [9.17, 15) is 21.6 Å². The first-order valence-electron chi connectivity index (χ1n) is 10.5. The third-order valence-electron chi connectivity index (χ3n) is 5.87. The molecule has 0 unspecified atom stereocenters. The predicted octanol–water partition coefficient (Wildman–Crippen LogP) is 1.19. The smallest absolute Gasteiger partial charge is 0.243 e. The summed E-state index contributed by atoms with van der Waals surface area (Å²) in [5, 5.41) is 2.92. The van der Waals surface area contributed by atoms with Gasteiger partial charge >= 0.3 is 0 Å². The number of sulfonamides is 2. The van der Waals surface area contributed by atoms with Crippen molar-refractivity contribution in [2.75, 3.05) is 39.0 Å². The van der Waals surface area contributed by atoms with E-state index < -0.39 is 20.0 Å². The van der Waals surface area contributed by atoms with Crippen molar-refractivity contribution < 1.29 is 21.6 Å². The van der Waals surface area contributed by atoms with Crippen molar-refractivity contribution in [2.45, 2.75) is 43.4 Å². The summed E-state index contributed by atoms with van der Waals surface area (Å²) in [4.78, 5) is 12.5. The van der Waals surface area contributed by atoms with Gasteiger partial charge in [-0.2, -0.15) is 4.31 Å². The van der Waals surface area contributed by atoms with Crippen LogP contribution in [0.5, 0.6) is 0 Å². The Morgan fingerprint density at radius 2 is 1.53 bits per heavy atom. The number of hydrogen-bond donors (Lipinski definition) is 1. The van der Waals surface area contributed by atoms with Gasteiger partial charge < -0.3 is 5.32 Å². The third kappa shape index (κ3) is 6.03. The molecule has 0 aromatic heterocycles. The Hall–Kier alpha value is -1.49. The minimum atomic E-state index is -3.46. The highest BCUT2D eigenvalue weighted by Gasteiger charge is 2.26. The number of amides is 1. The Balaban J connectivity index is 1.47. The van der Waals surface area contributed by atoms with Gasteiger partial charge in [-0.25, -0.2) is 21.1 Å². The number of benzene rings is 1. The van der Waals surface area contributed by atoms with Crippen LogP contribution >= 0.6 is 0 Å². The van der Waals surface area contributed by atoms with Crippen molar-refractivity contribution in [2.24, 2.45) is 5.92 Å². The minimum Gasteiger partial charge on any atom is -0.356 e. The van der Waals surface area contributed by atoms with Crippen LogP contribution in [0.1, 0.15) is 37.7 Å². The molecule has 10 heteroatoms. The monoisotopic (exact) mass is 457 g/mol. The maximum Gasteiger partial charge on any atom is 0.243 e. The zero-order chi connectivity index (χ0) is 21.8. The Morgan fingerprint density at radius 1 is 0.933 bits per heavy atom. The van der Waals surface area contributed by atoms with Crippen LogP contribution in [0.3, 0.4) is 0 Å². The molecule has 2 aliphatic heterocycles. The predicted molar refractivity (Wildman–Crippen MR) is 115 cm³/mol. The Labute approximate surface area is 179 Å². The molecule has 1 aromatic rings. The van der Waals surface area contributed by atoms with E-state index in [-0.39, 0.29) is 23.1 Å². The maximum absolute atomic E-state index is 12.7. The molecule has 2 aliphatic rings. The fourth-order valence-corrected chi connectivity index (χ4v) is 6.38. The second-order valence-electron chi connectivity index (χ2n) is 8.19. The molecule has 168 valence electrons. The summed E-state index contributed by atoms with van der Waals surface area (Å²) in [6.07, 6.45) is 5.73. The summed E-state index contributed by atoms with van der Waals surface area (Å²) in [6.45, 7) is 2.64. The van der Waals surface area contributed by atoms with Crippen molar-refractivity contribution in [3.8, 4) is 0 Å². The molecule has 1 aromatic carbocycles. The summed E-state index contributed by atoms with van der Waals surface area (Å²) in [7, 11) is -6.60. The van der Waals surface area contributed by atoms with Crippen LogP contribution in [0, 0.1) is 5.92 Å². The first-order chi connectivity index (χ1) is 14.2. The number of hydrogen-bond acceptors (Lipinski definition) is 5. The van der Waals surface area contributed by atoms with E-state index in [4.69, 9.17) is 0 Å². The number of nitrogens with one attached hydrogen (secondary N) is 1. The number of nitrogens with zero attached hydrogens (tertiary/aromatic N) is 2. The topological polar surface area (TPSA) is 104 Å². The molecule has 3 rings (SSSR count). The van der Waals surface area contributed by atoms with Gasteiger partial charge in [0, 0.05) is 32.7 Å². The first kappa shape index (κ1) is 23.2. The molecule has 8 nitrogen and oxygen atoms in total. The second-order valence-corrected chi connectivity index (χ2v) is 12.1. The normalized spacial score (nSPS) is 20.2. The molecular formula is C20H31N3O5S2. The molecule has 2 fully saturated rings. The molecule has 0 saturated carbocycles. The maximum atomic E-state index is 12.7. The Bertz CT molecular complexity index is 931. The van der Waals surface area contributed by atoms with Gasteiger partial charge in [-0.15, -0.1) is 0 Å². The summed E-state index contributed by atoms with van der Waals surface area (Å²) in [5.74, 6) is 0.149. The van der Waals surface area contributed by atoms with Crippen LogP contribution in [-0.4, -0.2) is 70.3 Å². The quantitative estimate of drug-likeness (QED) is 0.662. The van der Waals surface area contributed by atoms with E-state index in [2.05, 4.69) is 5.32 Å². The molecule has 0 radical (unpaired) electrons. The lowest BCUT2D eigenvalue weighted by Gasteiger charge is -2.30. The van der Waals surface area contributed by atoms with E-state index in [0.717, 1.165) is 37.7 Å². The number of carbonyl (C=O) groups is 1. The highest BCUT2D eigenvalue weighted by molar-refractivity contribution is 7.89. The average molecular weight is 458 g/mol. The Morgan fingerprint density at radius 3 is 2.10 bits per heavy atom. The summed E-state index contributed by atoms with van der Waals surface area (Å²) in [6, 6.07) is 6.54. The van der Waals surface area contributed by atoms with Gasteiger partial charge in [-0.05, 0) is 49.3 Å². The average Bonchev–Trinajstić information content (AvgIpc) is 2.73. The summed E-state index contributed by atoms with van der Waals surface area (Å²) >= 11 is 0. The minimum absolute atomic E-state index is 0.118. The number of rotatable bonds is 7. The van der Waals surface area contributed by atoms with E-state index in [0.29, 0.717) is 32.7 Å². The molecule has 1 N–H and O–H groups in total. The zero-order valence-corrected chi connectivity index (χ0v) is 19.1. The first-order valence-corrected chi connectivity index (χ1v) is 13.8. The molecule has 0 bridgehead atoms. The van der Waals surface area contributed by atoms with Gasteiger partial charge in [0.2, 0.25) is 26.0 Å². The van der Waals surface area contributed by atoms with E-state index >= 15 is 0 Å². The van der Waals surface area contributed by atoms with Crippen molar-refractivity contribution in [1.82, 2.24) is 13.9 Å². The molecule has 0 spiro atoms. The molecule has 1 amide bonds. The lowest BCUT2D eigenvalue weighted by Crippen LogP contribution is -2.41. The van der Waals surface area contributed by atoms with Crippen LogP contribution in [0.4, 0.5) is 0 Å². The van der Waals surface area contributed by atoms with E-state index in [1.807, 2.05) is 0 Å².